The Morgan fingerprint density at radius 2 is 1.97 bits per heavy atom. The maximum Gasteiger partial charge on any atom is 0.408 e. The fourth-order valence-corrected chi connectivity index (χ4v) is 3.64. The van der Waals surface area contributed by atoms with Gasteiger partial charge in [0.25, 0.3) is 0 Å². The Balaban J connectivity index is 1.60. The largest absolute Gasteiger partial charge is 0.444 e. The van der Waals surface area contributed by atoms with E-state index in [2.05, 4.69) is 20.5 Å². The predicted molar refractivity (Wildman–Crippen MR) is 120 cm³/mol. The number of alkyl carbamates (subject to hydrolysis) is 1. The molecule has 1 aliphatic heterocycles. The number of para-hydroxylation sites is 1. The van der Waals surface area contributed by atoms with E-state index in [1.54, 1.807) is 20.8 Å². The van der Waals surface area contributed by atoms with Gasteiger partial charge in [0.1, 0.15) is 11.6 Å². The van der Waals surface area contributed by atoms with Gasteiger partial charge in [-0.1, -0.05) is 18.2 Å². The van der Waals surface area contributed by atoms with E-state index in [1.807, 2.05) is 30.5 Å². The molecule has 31 heavy (non-hydrogen) atoms. The van der Waals surface area contributed by atoms with Crippen LogP contribution in [0.3, 0.4) is 0 Å². The maximum atomic E-state index is 12.9. The Morgan fingerprint density at radius 3 is 2.71 bits per heavy atom. The standard InChI is InChI=1S/C23H34N4O4/c1-23(2,3)31-22(29)26-20(15-17-16-25-19-8-5-4-7-18(17)19)21(28)24-9-6-10-27-11-13-30-14-12-27/h4-5,7-8,16,20,25H,6,9-15H2,1-3H3,(H,24,28)(H,26,29)/t20-/m0/s1. The number of morpholine rings is 1. The lowest BCUT2D eigenvalue weighted by atomic mass is 10.0. The summed E-state index contributed by atoms with van der Waals surface area (Å²) in [5, 5.41) is 6.77. The Morgan fingerprint density at radius 1 is 1.23 bits per heavy atom. The van der Waals surface area contributed by atoms with Crippen LogP contribution in [0.1, 0.15) is 32.8 Å². The molecule has 0 spiro atoms. The van der Waals surface area contributed by atoms with Gasteiger partial charge in [0.05, 0.1) is 13.2 Å². The molecule has 0 saturated carbocycles. The number of ether oxygens (including phenoxy) is 2. The molecule has 8 nitrogen and oxygen atoms in total. The normalized spacial score (nSPS) is 16.1. The summed E-state index contributed by atoms with van der Waals surface area (Å²) in [5.74, 6) is -0.210. The lowest BCUT2D eigenvalue weighted by Gasteiger charge is -2.26. The van der Waals surface area contributed by atoms with Gasteiger partial charge >= 0.3 is 6.09 Å². The number of fused-ring (bicyclic) bond motifs is 1. The average molecular weight is 431 g/mol. The van der Waals surface area contributed by atoms with Crippen LogP contribution in [-0.4, -0.2) is 72.9 Å². The fourth-order valence-electron chi connectivity index (χ4n) is 3.64. The van der Waals surface area contributed by atoms with Gasteiger partial charge < -0.3 is 25.1 Å². The van der Waals surface area contributed by atoms with Crippen molar-refractivity contribution in [3.8, 4) is 0 Å². The van der Waals surface area contributed by atoms with Crippen LogP contribution in [0.15, 0.2) is 30.5 Å². The second-order valence-electron chi connectivity index (χ2n) is 8.86. The smallest absolute Gasteiger partial charge is 0.408 e. The second kappa shape index (κ2) is 10.6. The van der Waals surface area contributed by atoms with E-state index >= 15 is 0 Å². The number of carbonyl (C=O) groups is 2. The van der Waals surface area contributed by atoms with E-state index in [9.17, 15) is 9.59 Å². The highest BCUT2D eigenvalue weighted by Gasteiger charge is 2.25. The van der Waals surface area contributed by atoms with Crippen molar-refractivity contribution in [1.29, 1.82) is 0 Å². The summed E-state index contributed by atoms with van der Waals surface area (Å²) in [6, 6.07) is 7.19. The summed E-state index contributed by atoms with van der Waals surface area (Å²) in [7, 11) is 0. The molecule has 1 aromatic carbocycles. The first-order chi connectivity index (χ1) is 14.8. The molecule has 8 heteroatoms. The summed E-state index contributed by atoms with van der Waals surface area (Å²) < 4.78 is 10.7. The van der Waals surface area contributed by atoms with E-state index in [0.29, 0.717) is 13.0 Å². The number of aromatic amines is 1. The molecule has 2 aromatic rings. The Hall–Kier alpha value is -2.58. The number of H-pyrrole nitrogens is 1. The molecule has 0 aliphatic carbocycles. The highest BCUT2D eigenvalue weighted by molar-refractivity contribution is 5.88. The molecule has 1 fully saturated rings. The van der Waals surface area contributed by atoms with E-state index in [1.165, 1.54) is 0 Å². The highest BCUT2D eigenvalue weighted by Crippen LogP contribution is 2.19. The number of nitrogens with zero attached hydrogens (tertiary/aromatic N) is 1. The minimum atomic E-state index is -0.725. The van der Waals surface area contributed by atoms with E-state index in [0.717, 1.165) is 55.7 Å². The maximum absolute atomic E-state index is 12.9. The van der Waals surface area contributed by atoms with Crippen molar-refractivity contribution in [2.75, 3.05) is 39.4 Å². The molecule has 1 aliphatic rings. The summed E-state index contributed by atoms with van der Waals surface area (Å²) in [4.78, 5) is 30.8. The number of hydrogen-bond donors (Lipinski definition) is 3. The molecule has 3 N–H and O–H groups in total. The van der Waals surface area contributed by atoms with Gasteiger partial charge in [-0.05, 0) is 45.4 Å². The molecule has 1 atom stereocenters. The zero-order valence-corrected chi connectivity index (χ0v) is 18.7. The van der Waals surface area contributed by atoms with Crippen molar-refractivity contribution in [2.24, 2.45) is 0 Å². The Labute approximate surface area is 183 Å². The zero-order chi connectivity index (χ0) is 22.3. The average Bonchev–Trinajstić information content (AvgIpc) is 3.13. The molecule has 2 amide bonds. The molecule has 0 bridgehead atoms. The second-order valence-corrected chi connectivity index (χ2v) is 8.86. The van der Waals surface area contributed by atoms with Crippen molar-refractivity contribution in [2.45, 2.75) is 45.3 Å². The number of benzene rings is 1. The number of nitrogens with one attached hydrogen (secondary N) is 3. The van der Waals surface area contributed by atoms with Crippen LogP contribution in [0, 0.1) is 0 Å². The third-order valence-corrected chi connectivity index (χ3v) is 5.16. The lowest BCUT2D eigenvalue weighted by molar-refractivity contribution is -0.123. The minimum Gasteiger partial charge on any atom is -0.444 e. The van der Waals surface area contributed by atoms with Crippen molar-refractivity contribution in [1.82, 2.24) is 20.5 Å². The van der Waals surface area contributed by atoms with Crippen LogP contribution < -0.4 is 10.6 Å². The summed E-state index contributed by atoms with van der Waals surface area (Å²) in [6.07, 6.45) is 2.51. The van der Waals surface area contributed by atoms with Crippen LogP contribution in [0.5, 0.6) is 0 Å². The van der Waals surface area contributed by atoms with Crippen molar-refractivity contribution in [3.63, 3.8) is 0 Å². The van der Waals surface area contributed by atoms with Crippen LogP contribution in [0.4, 0.5) is 4.79 Å². The third-order valence-electron chi connectivity index (χ3n) is 5.16. The number of rotatable bonds is 8. The van der Waals surface area contributed by atoms with Gasteiger partial charge in [-0.3, -0.25) is 9.69 Å². The number of amides is 2. The van der Waals surface area contributed by atoms with Crippen molar-refractivity contribution < 1.29 is 19.1 Å². The first kappa shape index (κ1) is 23.1. The fraction of sp³-hybridized carbons (Fsp3) is 0.565. The van der Waals surface area contributed by atoms with Crippen molar-refractivity contribution in [3.05, 3.63) is 36.0 Å². The monoisotopic (exact) mass is 430 g/mol. The van der Waals surface area contributed by atoms with Crippen LogP contribution in [0.2, 0.25) is 0 Å². The Kier molecular flexibility index (Phi) is 7.92. The molecule has 0 radical (unpaired) electrons. The molecule has 170 valence electrons. The topological polar surface area (TPSA) is 95.7 Å². The quantitative estimate of drug-likeness (QED) is 0.559. The number of hydrogen-bond acceptors (Lipinski definition) is 5. The molecule has 1 saturated heterocycles. The van der Waals surface area contributed by atoms with Crippen LogP contribution in [-0.2, 0) is 20.7 Å². The first-order valence-corrected chi connectivity index (χ1v) is 10.9. The minimum absolute atomic E-state index is 0.210. The molecule has 3 rings (SSSR count). The van der Waals surface area contributed by atoms with Gasteiger partial charge in [0.15, 0.2) is 0 Å². The van der Waals surface area contributed by atoms with Gasteiger partial charge in [0, 0.05) is 43.2 Å². The first-order valence-electron chi connectivity index (χ1n) is 10.9. The van der Waals surface area contributed by atoms with E-state index < -0.39 is 17.7 Å². The van der Waals surface area contributed by atoms with Gasteiger partial charge in [0.2, 0.25) is 5.91 Å². The van der Waals surface area contributed by atoms with Crippen molar-refractivity contribution >= 4 is 22.9 Å². The molecular weight excluding hydrogens is 396 g/mol. The summed E-state index contributed by atoms with van der Waals surface area (Å²) in [6.45, 7) is 10.2. The van der Waals surface area contributed by atoms with Crippen LogP contribution >= 0.6 is 0 Å². The molecule has 2 heterocycles. The zero-order valence-electron chi connectivity index (χ0n) is 18.7. The predicted octanol–water partition coefficient (Wildman–Crippen LogP) is 2.44. The van der Waals surface area contributed by atoms with E-state index in [4.69, 9.17) is 9.47 Å². The van der Waals surface area contributed by atoms with Gasteiger partial charge in [-0.15, -0.1) is 0 Å². The summed E-state index contributed by atoms with van der Waals surface area (Å²) in [5.41, 5.74) is 1.34. The number of aromatic nitrogens is 1. The van der Waals surface area contributed by atoms with Gasteiger partial charge in [-0.2, -0.15) is 0 Å². The summed E-state index contributed by atoms with van der Waals surface area (Å²) >= 11 is 0. The third kappa shape index (κ3) is 7.25. The van der Waals surface area contributed by atoms with Crippen LogP contribution in [0.25, 0.3) is 10.9 Å². The SMILES string of the molecule is CC(C)(C)OC(=O)N[C@@H](Cc1c[nH]c2ccccc12)C(=O)NCCCN1CCOCC1. The molecule has 1 aromatic heterocycles. The highest BCUT2D eigenvalue weighted by atomic mass is 16.6. The Bertz CT molecular complexity index is 868. The molecule has 0 unspecified atom stereocenters. The van der Waals surface area contributed by atoms with Gasteiger partial charge in [-0.25, -0.2) is 4.79 Å². The number of carbonyl (C=O) groups excluding carboxylic acids is 2. The lowest BCUT2D eigenvalue weighted by Crippen LogP contribution is -2.49. The molecular formula is C23H34N4O4. The van der Waals surface area contributed by atoms with E-state index in [-0.39, 0.29) is 5.91 Å².